The summed E-state index contributed by atoms with van der Waals surface area (Å²) >= 11 is 0. The van der Waals surface area contributed by atoms with Gasteiger partial charge in [0.25, 0.3) is 0 Å². The maximum absolute atomic E-state index is 5.28. The van der Waals surface area contributed by atoms with Crippen molar-refractivity contribution in [3.8, 4) is 12.3 Å². The van der Waals surface area contributed by atoms with Crippen LogP contribution in [0.15, 0.2) is 30.5 Å². The predicted octanol–water partition coefficient (Wildman–Crippen LogP) is 2.74. The second kappa shape index (κ2) is 3.59. The smallest absolute Gasteiger partial charge is 0.0510 e. The fraction of sp³-hybridized carbons (Fsp3) is 0.231. The van der Waals surface area contributed by atoms with Crippen molar-refractivity contribution in [1.29, 1.82) is 0 Å². The number of fused-ring (bicyclic) bond motifs is 1. The zero-order valence-corrected chi connectivity index (χ0v) is 8.33. The number of benzene rings is 1. The second-order valence-corrected chi connectivity index (χ2v) is 3.49. The summed E-state index contributed by atoms with van der Waals surface area (Å²) in [6, 6.07) is 8.51. The van der Waals surface area contributed by atoms with Crippen molar-refractivity contribution >= 4 is 10.9 Å². The lowest BCUT2D eigenvalue weighted by molar-refractivity contribution is 0.944. The van der Waals surface area contributed by atoms with Gasteiger partial charge in [0.1, 0.15) is 0 Å². The fourth-order valence-electron chi connectivity index (χ4n) is 1.85. The Morgan fingerprint density at radius 1 is 1.36 bits per heavy atom. The molecule has 2 rings (SSSR count). The van der Waals surface area contributed by atoms with Crippen LogP contribution in [0.2, 0.25) is 0 Å². The molecule has 0 atom stereocenters. The molecule has 0 aliphatic carbocycles. The summed E-state index contributed by atoms with van der Waals surface area (Å²) in [5.74, 6) is 2.68. The molecular weight excluding hydrogens is 170 g/mol. The molecule has 1 heteroatoms. The van der Waals surface area contributed by atoms with Crippen LogP contribution in [0.25, 0.3) is 10.9 Å². The molecule has 0 bridgehead atoms. The molecule has 2 aromatic rings. The minimum Gasteiger partial charge on any atom is -0.350 e. The fourth-order valence-corrected chi connectivity index (χ4v) is 1.85. The van der Waals surface area contributed by atoms with E-state index in [9.17, 15) is 0 Å². The van der Waals surface area contributed by atoms with Crippen LogP contribution in [-0.4, -0.2) is 4.57 Å². The van der Waals surface area contributed by atoms with Gasteiger partial charge in [-0.15, -0.1) is 12.3 Å². The normalized spacial score (nSPS) is 10.3. The first-order valence-electron chi connectivity index (χ1n) is 4.79. The van der Waals surface area contributed by atoms with Crippen LogP contribution in [0.1, 0.15) is 12.0 Å². The van der Waals surface area contributed by atoms with Gasteiger partial charge in [0.2, 0.25) is 0 Å². The van der Waals surface area contributed by atoms with Gasteiger partial charge >= 0.3 is 0 Å². The number of terminal acetylenes is 1. The lowest BCUT2D eigenvalue weighted by atomic mass is 10.1. The summed E-state index contributed by atoms with van der Waals surface area (Å²) < 4.78 is 2.15. The molecule has 0 saturated heterocycles. The number of para-hydroxylation sites is 1. The first-order valence-corrected chi connectivity index (χ1v) is 4.79. The highest BCUT2D eigenvalue weighted by Gasteiger charge is 2.02. The Kier molecular flexibility index (Phi) is 2.28. The third-order valence-corrected chi connectivity index (χ3v) is 2.52. The van der Waals surface area contributed by atoms with Crippen LogP contribution < -0.4 is 0 Å². The molecule has 1 aromatic carbocycles. The molecule has 0 unspecified atom stereocenters. The van der Waals surface area contributed by atoms with E-state index in [1.165, 1.54) is 16.5 Å². The summed E-state index contributed by atoms with van der Waals surface area (Å²) in [6.07, 6.45) is 9.14. The molecule has 0 N–H and O–H groups in total. The molecule has 0 saturated carbocycles. The van der Waals surface area contributed by atoms with E-state index in [1.54, 1.807) is 0 Å². The van der Waals surface area contributed by atoms with E-state index in [1.807, 2.05) is 0 Å². The molecule has 0 aliphatic heterocycles. The van der Waals surface area contributed by atoms with Crippen LogP contribution >= 0.6 is 0 Å². The predicted molar refractivity (Wildman–Crippen MR) is 60.1 cm³/mol. The van der Waals surface area contributed by atoms with Gasteiger partial charge in [-0.2, -0.15) is 0 Å². The van der Waals surface area contributed by atoms with Gasteiger partial charge in [-0.3, -0.25) is 0 Å². The van der Waals surface area contributed by atoms with Gasteiger partial charge in [0, 0.05) is 19.7 Å². The maximum atomic E-state index is 5.28. The van der Waals surface area contributed by atoms with Gasteiger partial charge in [0.15, 0.2) is 0 Å². The highest BCUT2D eigenvalue weighted by atomic mass is 14.9. The maximum Gasteiger partial charge on any atom is 0.0510 e. The number of hydrogen-bond donors (Lipinski definition) is 0. The van der Waals surface area contributed by atoms with Crippen molar-refractivity contribution < 1.29 is 0 Å². The molecule has 0 fully saturated rings. The summed E-state index contributed by atoms with van der Waals surface area (Å²) in [5.41, 5.74) is 2.65. The van der Waals surface area contributed by atoms with E-state index < -0.39 is 0 Å². The Labute approximate surface area is 84.4 Å². The van der Waals surface area contributed by atoms with Gasteiger partial charge in [-0.1, -0.05) is 18.2 Å². The van der Waals surface area contributed by atoms with E-state index in [4.69, 9.17) is 6.42 Å². The molecular formula is C13H13N. The zero-order valence-electron chi connectivity index (χ0n) is 8.33. The Morgan fingerprint density at radius 3 is 3.00 bits per heavy atom. The van der Waals surface area contributed by atoms with E-state index in [0.29, 0.717) is 0 Å². The van der Waals surface area contributed by atoms with Crippen molar-refractivity contribution in [3.63, 3.8) is 0 Å². The molecule has 14 heavy (non-hydrogen) atoms. The van der Waals surface area contributed by atoms with Crippen molar-refractivity contribution in [1.82, 2.24) is 4.57 Å². The van der Waals surface area contributed by atoms with E-state index >= 15 is 0 Å². The average Bonchev–Trinajstić information content (AvgIpc) is 2.58. The van der Waals surface area contributed by atoms with Crippen LogP contribution in [0.4, 0.5) is 0 Å². The number of aryl methyl sites for hydroxylation is 2. The highest BCUT2D eigenvalue weighted by molar-refractivity contribution is 5.83. The van der Waals surface area contributed by atoms with E-state index in [0.717, 1.165) is 12.8 Å². The number of rotatable bonds is 2. The van der Waals surface area contributed by atoms with Crippen molar-refractivity contribution in [2.75, 3.05) is 0 Å². The highest BCUT2D eigenvalue weighted by Crippen LogP contribution is 2.20. The number of aromatic nitrogens is 1. The minimum absolute atomic E-state index is 0.810. The van der Waals surface area contributed by atoms with Crippen LogP contribution in [0.3, 0.4) is 0 Å². The monoisotopic (exact) mass is 183 g/mol. The zero-order chi connectivity index (χ0) is 9.97. The van der Waals surface area contributed by atoms with Gasteiger partial charge in [-0.25, -0.2) is 0 Å². The molecule has 1 aromatic heterocycles. The van der Waals surface area contributed by atoms with Crippen molar-refractivity contribution in [2.24, 2.45) is 7.05 Å². The summed E-state index contributed by atoms with van der Waals surface area (Å²) in [5, 5.41) is 1.29. The third kappa shape index (κ3) is 1.40. The van der Waals surface area contributed by atoms with Crippen LogP contribution in [-0.2, 0) is 13.5 Å². The summed E-state index contributed by atoms with van der Waals surface area (Å²) in [7, 11) is 2.07. The van der Waals surface area contributed by atoms with Gasteiger partial charge < -0.3 is 4.57 Å². The average molecular weight is 183 g/mol. The molecule has 1 nitrogen and oxygen atoms in total. The lowest BCUT2D eigenvalue weighted by Crippen LogP contribution is -1.91. The molecule has 0 amide bonds. The topological polar surface area (TPSA) is 4.93 Å². The van der Waals surface area contributed by atoms with Crippen molar-refractivity contribution in [2.45, 2.75) is 12.8 Å². The Morgan fingerprint density at radius 2 is 2.21 bits per heavy atom. The van der Waals surface area contributed by atoms with E-state index in [2.05, 4.69) is 48.0 Å². The first-order chi connectivity index (χ1) is 6.83. The molecule has 0 spiro atoms. The largest absolute Gasteiger partial charge is 0.350 e. The molecule has 0 aliphatic rings. The third-order valence-electron chi connectivity index (χ3n) is 2.52. The first kappa shape index (κ1) is 8.90. The quantitative estimate of drug-likeness (QED) is 0.631. The van der Waals surface area contributed by atoms with Crippen LogP contribution in [0.5, 0.6) is 0 Å². The van der Waals surface area contributed by atoms with Gasteiger partial charge in [-0.05, 0) is 23.4 Å². The summed E-state index contributed by atoms with van der Waals surface area (Å²) in [4.78, 5) is 0. The Bertz CT molecular complexity index is 485. The molecule has 1 heterocycles. The van der Waals surface area contributed by atoms with Crippen molar-refractivity contribution in [3.05, 3.63) is 36.0 Å². The SMILES string of the molecule is C#CCCc1cccc2ccn(C)c12. The standard InChI is InChI=1S/C13H13N/c1-3-4-6-11-7-5-8-12-9-10-14(2)13(11)12/h1,5,7-10H,4,6H2,2H3. The molecule has 0 radical (unpaired) electrons. The molecule has 70 valence electrons. The van der Waals surface area contributed by atoms with Gasteiger partial charge in [0.05, 0.1) is 5.52 Å². The Hall–Kier alpha value is -1.68. The summed E-state index contributed by atoms with van der Waals surface area (Å²) in [6.45, 7) is 0. The minimum atomic E-state index is 0.810. The lowest BCUT2D eigenvalue weighted by Gasteiger charge is -2.03. The number of hydrogen-bond acceptors (Lipinski definition) is 0. The number of nitrogens with zero attached hydrogens (tertiary/aromatic N) is 1. The Balaban J connectivity index is 2.53. The van der Waals surface area contributed by atoms with Crippen LogP contribution in [0, 0.1) is 12.3 Å². The second-order valence-electron chi connectivity index (χ2n) is 3.49. The van der Waals surface area contributed by atoms with E-state index in [-0.39, 0.29) is 0 Å².